The van der Waals surface area contributed by atoms with Crippen molar-refractivity contribution >= 4 is 21.8 Å². The van der Waals surface area contributed by atoms with Crippen LogP contribution in [0.25, 0.3) is 0 Å². The maximum Gasteiger partial charge on any atom is 0.242 e. The van der Waals surface area contributed by atoms with Crippen molar-refractivity contribution in [3.05, 3.63) is 65.5 Å². The van der Waals surface area contributed by atoms with Crippen LogP contribution in [-0.4, -0.2) is 56.5 Å². The van der Waals surface area contributed by atoms with Gasteiger partial charge in [0.2, 0.25) is 21.8 Å². The Morgan fingerprint density at radius 3 is 2.26 bits per heavy atom. The maximum atomic E-state index is 13.4. The molecule has 2 N–H and O–H groups in total. The van der Waals surface area contributed by atoms with Crippen molar-refractivity contribution in [2.75, 3.05) is 13.2 Å². The number of halogens is 1. The van der Waals surface area contributed by atoms with Crippen LogP contribution in [0, 0.1) is 5.82 Å². The van der Waals surface area contributed by atoms with E-state index in [4.69, 9.17) is 4.74 Å². The first kappa shape index (κ1) is 29.7. The minimum atomic E-state index is -3.54. The Kier molecular flexibility index (Phi) is 10.8. The third kappa shape index (κ3) is 9.49. The number of hydrogen-bond donors (Lipinski definition) is 2. The molecule has 1 atom stereocenters. The van der Waals surface area contributed by atoms with Crippen molar-refractivity contribution in [2.45, 2.75) is 82.5 Å². The number of ether oxygens (including phenoxy) is 1. The van der Waals surface area contributed by atoms with Gasteiger partial charge in [0.1, 0.15) is 11.9 Å². The molecule has 1 aliphatic rings. The van der Waals surface area contributed by atoms with E-state index in [-0.39, 0.29) is 47.6 Å². The monoisotopic (exact) mass is 547 g/mol. The second kappa shape index (κ2) is 13.8. The van der Waals surface area contributed by atoms with E-state index in [0.29, 0.717) is 31.6 Å². The van der Waals surface area contributed by atoms with Crippen LogP contribution in [0.5, 0.6) is 0 Å². The number of rotatable bonds is 15. The Morgan fingerprint density at radius 1 is 1.03 bits per heavy atom. The van der Waals surface area contributed by atoms with Gasteiger partial charge in [0.15, 0.2) is 0 Å². The summed E-state index contributed by atoms with van der Waals surface area (Å²) in [6, 6.07) is 11.6. The fraction of sp³-hybridized carbons (Fsp3) is 0.500. The highest BCUT2D eigenvalue weighted by Crippen LogP contribution is 2.22. The molecule has 0 bridgehead atoms. The third-order valence-corrected chi connectivity index (χ3v) is 7.80. The minimum absolute atomic E-state index is 0.0250. The van der Waals surface area contributed by atoms with Crippen LogP contribution in [0.3, 0.4) is 0 Å². The van der Waals surface area contributed by atoms with Crippen molar-refractivity contribution in [3.8, 4) is 0 Å². The van der Waals surface area contributed by atoms with Gasteiger partial charge < -0.3 is 15.0 Å². The molecule has 2 amide bonds. The lowest BCUT2D eigenvalue weighted by atomic mass is 10.1. The Balaban J connectivity index is 1.61. The number of benzene rings is 2. The van der Waals surface area contributed by atoms with E-state index in [2.05, 4.69) is 10.0 Å². The molecule has 0 saturated heterocycles. The number of amides is 2. The summed E-state index contributed by atoms with van der Waals surface area (Å²) in [5.41, 5.74) is 1.52. The van der Waals surface area contributed by atoms with E-state index in [1.165, 1.54) is 17.0 Å². The van der Waals surface area contributed by atoms with Crippen LogP contribution >= 0.6 is 0 Å². The van der Waals surface area contributed by atoms with Crippen molar-refractivity contribution in [2.24, 2.45) is 0 Å². The minimum Gasteiger partial charge on any atom is -0.379 e. The summed E-state index contributed by atoms with van der Waals surface area (Å²) >= 11 is 0. The van der Waals surface area contributed by atoms with Crippen molar-refractivity contribution in [1.29, 1.82) is 0 Å². The normalized spacial score (nSPS) is 14.3. The van der Waals surface area contributed by atoms with Gasteiger partial charge in [-0.15, -0.1) is 0 Å². The highest BCUT2D eigenvalue weighted by Gasteiger charge is 2.28. The molecule has 38 heavy (non-hydrogen) atoms. The lowest BCUT2D eigenvalue weighted by molar-refractivity contribution is -0.140. The van der Waals surface area contributed by atoms with Gasteiger partial charge in [-0.2, -0.15) is 0 Å². The van der Waals surface area contributed by atoms with Crippen LogP contribution in [0.15, 0.2) is 53.4 Å². The van der Waals surface area contributed by atoms with Crippen LogP contribution in [0.1, 0.15) is 57.6 Å². The summed E-state index contributed by atoms with van der Waals surface area (Å²) < 4.78 is 46.3. The number of nitrogens with one attached hydrogen (secondary N) is 2. The predicted octanol–water partition coefficient (Wildman–Crippen LogP) is 3.55. The van der Waals surface area contributed by atoms with Crippen LogP contribution < -0.4 is 10.0 Å². The molecule has 0 aliphatic heterocycles. The number of carbonyl (C=O) groups is 2. The van der Waals surface area contributed by atoms with Gasteiger partial charge in [-0.1, -0.05) is 24.3 Å². The molecule has 1 unspecified atom stereocenters. The van der Waals surface area contributed by atoms with E-state index in [1.54, 1.807) is 43.3 Å². The Labute approximate surface area is 225 Å². The quantitative estimate of drug-likeness (QED) is 0.332. The summed E-state index contributed by atoms with van der Waals surface area (Å²) in [4.78, 5) is 27.8. The van der Waals surface area contributed by atoms with Gasteiger partial charge in [-0.05, 0) is 81.8 Å². The van der Waals surface area contributed by atoms with E-state index in [9.17, 15) is 22.4 Å². The molecule has 1 saturated carbocycles. The molecule has 1 aliphatic carbocycles. The van der Waals surface area contributed by atoms with Crippen molar-refractivity contribution in [3.63, 3.8) is 0 Å². The van der Waals surface area contributed by atoms with Crippen LogP contribution in [0.2, 0.25) is 0 Å². The molecular formula is C28H38FN3O5S. The number of nitrogens with zero attached hydrogens (tertiary/aromatic N) is 1. The highest BCUT2D eigenvalue weighted by molar-refractivity contribution is 7.89. The molecule has 2 aromatic rings. The van der Waals surface area contributed by atoms with Gasteiger partial charge in [-0.3, -0.25) is 9.59 Å². The molecule has 0 spiro atoms. The van der Waals surface area contributed by atoms with Gasteiger partial charge in [0.25, 0.3) is 0 Å². The number of aryl methyl sites for hydroxylation is 1. The molecule has 208 valence electrons. The molecule has 8 nitrogen and oxygen atoms in total. The van der Waals surface area contributed by atoms with Crippen LogP contribution in [-0.2, 0) is 37.3 Å². The lowest BCUT2D eigenvalue weighted by Crippen LogP contribution is -2.48. The highest BCUT2D eigenvalue weighted by atomic mass is 32.2. The lowest BCUT2D eigenvalue weighted by Gasteiger charge is -2.29. The standard InChI is InChI=1S/C28H38FN3O5S/c1-20(2)37-18-4-17-30-28(34)21(3)32(19-23-5-10-24(29)11-6-23)27(33)16-9-22-7-14-26(15-8-22)38(35,36)31-25-12-13-25/h5-8,10-11,14-15,20-21,25,31H,4,9,12-13,16-19H2,1-3H3,(H,30,34). The molecule has 2 aromatic carbocycles. The topological polar surface area (TPSA) is 105 Å². The molecule has 3 rings (SSSR count). The Bertz CT molecular complexity index is 1170. The zero-order valence-electron chi connectivity index (χ0n) is 22.3. The Hall–Kier alpha value is -2.82. The summed E-state index contributed by atoms with van der Waals surface area (Å²) in [7, 11) is -3.54. The first-order valence-electron chi connectivity index (χ1n) is 13.1. The molecule has 10 heteroatoms. The van der Waals surface area contributed by atoms with Gasteiger partial charge in [0, 0.05) is 32.2 Å². The fourth-order valence-electron chi connectivity index (χ4n) is 3.84. The zero-order chi connectivity index (χ0) is 27.7. The van der Waals surface area contributed by atoms with Crippen molar-refractivity contribution in [1.82, 2.24) is 14.9 Å². The third-order valence-electron chi connectivity index (χ3n) is 6.27. The Morgan fingerprint density at radius 2 is 1.66 bits per heavy atom. The summed E-state index contributed by atoms with van der Waals surface area (Å²) in [6.45, 7) is 6.69. The first-order valence-corrected chi connectivity index (χ1v) is 14.6. The molecule has 0 aromatic heterocycles. The summed E-state index contributed by atoms with van der Waals surface area (Å²) in [6.07, 6.45) is 3.01. The second-order valence-electron chi connectivity index (χ2n) is 9.93. The smallest absolute Gasteiger partial charge is 0.242 e. The largest absolute Gasteiger partial charge is 0.379 e. The fourth-order valence-corrected chi connectivity index (χ4v) is 5.14. The van der Waals surface area contributed by atoms with Crippen LogP contribution in [0.4, 0.5) is 4.39 Å². The number of hydrogen-bond acceptors (Lipinski definition) is 5. The molecule has 0 heterocycles. The van der Waals surface area contributed by atoms with Gasteiger partial charge in [-0.25, -0.2) is 17.5 Å². The zero-order valence-corrected chi connectivity index (χ0v) is 23.1. The molecule has 1 fully saturated rings. The van der Waals surface area contributed by atoms with E-state index < -0.39 is 16.1 Å². The first-order chi connectivity index (χ1) is 18.0. The van der Waals surface area contributed by atoms with E-state index in [1.807, 2.05) is 13.8 Å². The second-order valence-corrected chi connectivity index (χ2v) is 11.6. The number of carbonyl (C=O) groups excluding carboxylic acids is 2. The molecular weight excluding hydrogens is 509 g/mol. The van der Waals surface area contributed by atoms with E-state index in [0.717, 1.165) is 18.4 Å². The van der Waals surface area contributed by atoms with E-state index >= 15 is 0 Å². The average molecular weight is 548 g/mol. The van der Waals surface area contributed by atoms with Gasteiger partial charge in [0.05, 0.1) is 11.0 Å². The summed E-state index contributed by atoms with van der Waals surface area (Å²) in [5.74, 6) is -0.881. The predicted molar refractivity (Wildman–Crippen MR) is 143 cm³/mol. The van der Waals surface area contributed by atoms with Crippen molar-refractivity contribution < 1.29 is 27.1 Å². The number of sulfonamides is 1. The summed E-state index contributed by atoms with van der Waals surface area (Å²) in [5, 5.41) is 2.86. The molecule has 0 radical (unpaired) electrons. The van der Waals surface area contributed by atoms with Gasteiger partial charge >= 0.3 is 0 Å². The SMILES string of the molecule is CC(C)OCCCNC(=O)C(C)N(Cc1ccc(F)cc1)C(=O)CCc1ccc(S(=O)(=O)NC2CC2)cc1. The average Bonchev–Trinajstić information content (AvgIpc) is 3.69. The maximum absolute atomic E-state index is 13.4.